The largest absolute Gasteiger partial charge is 0.378 e. The number of ether oxygens (including phenoxy) is 1. The van der Waals surface area contributed by atoms with Crippen molar-refractivity contribution < 1.29 is 9.53 Å². The van der Waals surface area contributed by atoms with Crippen molar-refractivity contribution in [3.05, 3.63) is 18.0 Å². The fraction of sp³-hybridized carbons (Fsp3) is 0.714. The molecule has 1 N–H and O–H groups in total. The maximum Gasteiger partial charge on any atom is 0.236 e. The van der Waals surface area contributed by atoms with E-state index in [1.54, 1.807) is 6.20 Å². The van der Waals surface area contributed by atoms with Gasteiger partial charge in [0.1, 0.15) is 0 Å². The third-order valence-corrected chi connectivity index (χ3v) is 4.19. The number of hydrogen-bond donors (Lipinski definition) is 1. The minimum Gasteiger partial charge on any atom is -0.378 e. The van der Waals surface area contributed by atoms with Gasteiger partial charge in [-0.3, -0.25) is 14.8 Å². The maximum atomic E-state index is 12.3. The van der Waals surface area contributed by atoms with E-state index in [9.17, 15) is 4.79 Å². The van der Waals surface area contributed by atoms with Gasteiger partial charge in [0.05, 0.1) is 19.8 Å². The van der Waals surface area contributed by atoms with Crippen LogP contribution in [-0.2, 0) is 9.53 Å². The molecule has 2 aliphatic rings. The van der Waals surface area contributed by atoms with Crippen LogP contribution in [0, 0.1) is 0 Å². The summed E-state index contributed by atoms with van der Waals surface area (Å²) in [6.45, 7) is 5.29. The first kappa shape index (κ1) is 13.6. The second-order valence-corrected chi connectivity index (χ2v) is 5.58. The number of nitrogens with zero attached hydrogens (tertiary/aromatic N) is 3. The van der Waals surface area contributed by atoms with E-state index in [1.165, 1.54) is 12.1 Å². The zero-order chi connectivity index (χ0) is 13.8. The smallest absolute Gasteiger partial charge is 0.236 e. The van der Waals surface area contributed by atoms with E-state index >= 15 is 0 Å². The van der Waals surface area contributed by atoms with E-state index in [0.717, 1.165) is 32.6 Å². The third kappa shape index (κ3) is 3.19. The summed E-state index contributed by atoms with van der Waals surface area (Å²) in [5, 5.41) is 7.08. The van der Waals surface area contributed by atoms with Gasteiger partial charge in [0.15, 0.2) is 0 Å². The average Bonchev–Trinajstić information content (AvgIpc) is 3.03. The molecule has 0 unspecified atom stereocenters. The molecular weight excluding hydrogens is 256 g/mol. The van der Waals surface area contributed by atoms with Gasteiger partial charge in [-0.15, -0.1) is 0 Å². The molecule has 1 aromatic heterocycles. The number of likely N-dealkylation sites (tertiary alicyclic amines) is 1. The topological polar surface area (TPSA) is 61.5 Å². The van der Waals surface area contributed by atoms with Crippen molar-refractivity contribution in [2.75, 3.05) is 45.9 Å². The van der Waals surface area contributed by atoms with Gasteiger partial charge in [-0.2, -0.15) is 5.10 Å². The molecule has 3 heterocycles. The number of rotatable bonds is 3. The van der Waals surface area contributed by atoms with Crippen LogP contribution in [0.2, 0.25) is 0 Å². The third-order valence-electron chi connectivity index (χ3n) is 4.19. The Bertz CT molecular complexity index is 428. The standard InChI is InChI=1S/C14H22N4O2/c19-14(18-6-8-20-9-7-18)11-17-5-1-2-12(10-17)13-3-4-15-16-13/h3-4,12H,1-2,5-11H2,(H,15,16)/t12-/m1/s1. The Kier molecular flexibility index (Phi) is 4.32. The molecule has 0 aliphatic carbocycles. The number of aromatic nitrogens is 2. The number of morpholine rings is 1. The molecule has 1 aromatic rings. The van der Waals surface area contributed by atoms with Crippen molar-refractivity contribution in [3.63, 3.8) is 0 Å². The first-order valence-corrected chi connectivity index (χ1v) is 7.40. The van der Waals surface area contributed by atoms with Crippen molar-refractivity contribution in [3.8, 4) is 0 Å². The van der Waals surface area contributed by atoms with Crippen LogP contribution in [-0.4, -0.2) is 71.8 Å². The molecule has 0 saturated carbocycles. The zero-order valence-corrected chi connectivity index (χ0v) is 11.8. The van der Waals surface area contributed by atoms with Crippen molar-refractivity contribution in [2.45, 2.75) is 18.8 Å². The highest BCUT2D eigenvalue weighted by atomic mass is 16.5. The molecule has 0 spiro atoms. The summed E-state index contributed by atoms with van der Waals surface area (Å²) in [5.41, 5.74) is 1.19. The number of carbonyl (C=O) groups excluding carboxylic acids is 1. The van der Waals surface area contributed by atoms with E-state index < -0.39 is 0 Å². The average molecular weight is 278 g/mol. The fourth-order valence-electron chi connectivity index (χ4n) is 3.05. The lowest BCUT2D eigenvalue weighted by Crippen LogP contribution is -2.47. The maximum absolute atomic E-state index is 12.3. The van der Waals surface area contributed by atoms with Gasteiger partial charge >= 0.3 is 0 Å². The van der Waals surface area contributed by atoms with E-state index in [-0.39, 0.29) is 5.91 Å². The molecule has 0 radical (unpaired) electrons. The Morgan fingerprint density at radius 1 is 1.40 bits per heavy atom. The summed E-state index contributed by atoms with van der Waals surface area (Å²) >= 11 is 0. The minimum absolute atomic E-state index is 0.235. The summed E-state index contributed by atoms with van der Waals surface area (Å²) in [7, 11) is 0. The van der Waals surface area contributed by atoms with Gasteiger partial charge in [0.25, 0.3) is 0 Å². The molecule has 6 heteroatoms. The summed E-state index contributed by atoms with van der Waals surface area (Å²) in [6, 6.07) is 2.04. The normalized spacial score (nSPS) is 24.8. The van der Waals surface area contributed by atoms with Crippen molar-refractivity contribution in [1.82, 2.24) is 20.0 Å². The Hall–Kier alpha value is -1.40. The lowest BCUT2D eigenvalue weighted by Gasteiger charge is -2.34. The van der Waals surface area contributed by atoms with E-state index in [1.807, 2.05) is 11.0 Å². The number of hydrogen-bond acceptors (Lipinski definition) is 4. The van der Waals surface area contributed by atoms with E-state index in [0.29, 0.717) is 25.7 Å². The highest BCUT2D eigenvalue weighted by Gasteiger charge is 2.25. The highest BCUT2D eigenvalue weighted by molar-refractivity contribution is 5.78. The number of piperidine rings is 1. The SMILES string of the molecule is O=C(CN1CCC[C@@H](c2ccn[nH]2)C1)N1CCOCC1. The van der Waals surface area contributed by atoms with Crippen molar-refractivity contribution in [2.24, 2.45) is 0 Å². The van der Waals surface area contributed by atoms with Crippen LogP contribution in [0.1, 0.15) is 24.5 Å². The Balaban J connectivity index is 1.53. The first-order chi connectivity index (χ1) is 9.83. The second kappa shape index (κ2) is 6.37. The van der Waals surface area contributed by atoms with Gasteiger partial charge in [-0.05, 0) is 25.5 Å². The first-order valence-electron chi connectivity index (χ1n) is 7.40. The summed E-state index contributed by atoms with van der Waals surface area (Å²) < 4.78 is 5.29. The zero-order valence-electron chi connectivity index (χ0n) is 11.8. The molecule has 0 bridgehead atoms. The summed E-state index contributed by atoms with van der Waals surface area (Å²) in [5.74, 6) is 0.710. The Morgan fingerprint density at radius 2 is 2.25 bits per heavy atom. The molecule has 2 saturated heterocycles. The quantitative estimate of drug-likeness (QED) is 0.872. The number of aromatic amines is 1. The second-order valence-electron chi connectivity index (χ2n) is 5.58. The molecule has 1 amide bonds. The summed E-state index contributed by atoms with van der Waals surface area (Å²) in [6.07, 6.45) is 4.11. The Morgan fingerprint density at radius 3 is 3.00 bits per heavy atom. The molecule has 1 atom stereocenters. The van der Waals surface area contributed by atoms with E-state index in [2.05, 4.69) is 15.1 Å². The molecule has 20 heavy (non-hydrogen) atoms. The molecular formula is C14H22N4O2. The molecule has 2 fully saturated rings. The van der Waals surface area contributed by atoms with Gasteiger partial charge in [0.2, 0.25) is 5.91 Å². The lowest BCUT2D eigenvalue weighted by atomic mass is 9.95. The predicted octanol–water partition coefficient (Wildman–Crippen LogP) is 0.448. The van der Waals surface area contributed by atoms with Crippen LogP contribution in [0.4, 0.5) is 0 Å². The van der Waals surface area contributed by atoms with Crippen LogP contribution in [0.25, 0.3) is 0 Å². The minimum atomic E-state index is 0.235. The van der Waals surface area contributed by atoms with Gasteiger partial charge in [-0.25, -0.2) is 0 Å². The van der Waals surface area contributed by atoms with Gasteiger partial charge in [0, 0.05) is 37.4 Å². The predicted molar refractivity (Wildman–Crippen MR) is 74.4 cm³/mol. The number of H-pyrrole nitrogens is 1. The van der Waals surface area contributed by atoms with Crippen LogP contribution < -0.4 is 0 Å². The van der Waals surface area contributed by atoms with E-state index in [4.69, 9.17) is 4.74 Å². The molecule has 0 aromatic carbocycles. The van der Waals surface area contributed by atoms with Crippen LogP contribution >= 0.6 is 0 Å². The van der Waals surface area contributed by atoms with Crippen molar-refractivity contribution >= 4 is 5.91 Å². The molecule has 3 rings (SSSR count). The molecule has 6 nitrogen and oxygen atoms in total. The van der Waals surface area contributed by atoms with Gasteiger partial charge < -0.3 is 9.64 Å². The Labute approximate surface area is 119 Å². The molecule has 110 valence electrons. The van der Waals surface area contributed by atoms with Crippen LogP contribution in [0.3, 0.4) is 0 Å². The fourth-order valence-corrected chi connectivity index (χ4v) is 3.05. The van der Waals surface area contributed by atoms with Crippen LogP contribution in [0.15, 0.2) is 12.3 Å². The highest BCUT2D eigenvalue weighted by Crippen LogP contribution is 2.25. The van der Waals surface area contributed by atoms with Crippen LogP contribution in [0.5, 0.6) is 0 Å². The number of amides is 1. The lowest BCUT2D eigenvalue weighted by molar-refractivity contribution is -0.136. The number of nitrogens with one attached hydrogen (secondary N) is 1. The number of carbonyl (C=O) groups is 1. The van der Waals surface area contributed by atoms with Crippen molar-refractivity contribution in [1.29, 1.82) is 0 Å². The molecule has 2 aliphatic heterocycles. The monoisotopic (exact) mass is 278 g/mol. The van der Waals surface area contributed by atoms with Gasteiger partial charge in [-0.1, -0.05) is 0 Å². The summed E-state index contributed by atoms with van der Waals surface area (Å²) in [4.78, 5) is 16.5.